The fraction of sp³-hybridized carbons (Fsp3) is 0.677. The summed E-state index contributed by atoms with van der Waals surface area (Å²) in [6.45, 7) is 6.37. The third-order valence-corrected chi connectivity index (χ3v) is 7.74. The van der Waals surface area contributed by atoms with Gasteiger partial charge in [0.25, 0.3) is 0 Å². The zero-order valence-electron chi connectivity index (χ0n) is 23.3. The molecular formula is C31H47NO6. The molecule has 7 atom stereocenters. The lowest BCUT2D eigenvalue weighted by atomic mass is 9.90. The molecule has 7 nitrogen and oxygen atoms in total. The molecule has 4 bridgehead atoms. The normalized spacial score (nSPS) is 34.5. The van der Waals surface area contributed by atoms with Crippen molar-refractivity contribution < 1.29 is 29.0 Å². The Hall–Kier alpha value is -2.22. The van der Waals surface area contributed by atoms with Crippen LogP contribution in [0, 0.1) is 11.8 Å². The van der Waals surface area contributed by atoms with Crippen molar-refractivity contribution >= 4 is 11.9 Å². The van der Waals surface area contributed by atoms with Crippen LogP contribution in [-0.2, 0) is 23.8 Å². The number of fused-ring (bicyclic) bond motifs is 4. The summed E-state index contributed by atoms with van der Waals surface area (Å²) in [5, 5.41) is 8.57. The number of carbonyl (C=O) groups is 2. The van der Waals surface area contributed by atoms with Crippen molar-refractivity contribution in [3.63, 3.8) is 0 Å². The average Bonchev–Trinajstić information content (AvgIpc) is 2.89. The summed E-state index contributed by atoms with van der Waals surface area (Å²) in [5.41, 5.74) is 2.99. The maximum Gasteiger partial charge on any atom is 0.309 e. The molecule has 0 aromatic carbocycles. The van der Waals surface area contributed by atoms with Gasteiger partial charge in [-0.2, -0.15) is 0 Å². The maximum absolute atomic E-state index is 13.0. The Kier molecular flexibility index (Phi) is 12.8. The first-order valence-corrected chi connectivity index (χ1v) is 14.4. The quantitative estimate of drug-likeness (QED) is 0.107. The molecule has 38 heavy (non-hydrogen) atoms. The van der Waals surface area contributed by atoms with Crippen LogP contribution in [0.2, 0.25) is 0 Å². The van der Waals surface area contributed by atoms with Crippen molar-refractivity contribution in [2.75, 3.05) is 0 Å². The number of hydrogen-bond acceptors (Lipinski definition) is 6. The Balaban J connectivity index is 1.71. The van der Waals surface area contributed by atoms with E-state index in [1.807, 2.05) is 24.3 Å². The lowest BCUT2D eigenvalue weighted by molar-refractivity contribution is -0.154. The minimum atomic E-state index is -0.389. The number of hydrogen-bond donors (Lipinski definition) is 2. The van der Waals surface area contributed by atoms with Crippen LogP contribution >= 0.6 is 0 Å². The second-order valence-electron chi connectivity index (χ2n) is 11.1. The van der Waals surface area contributed by atoms with E-state index in [1.165, 1.54) is 12.0 Å². The van der Waals surface area contributed by atoms with Crippen LogP contribution in [0.15, 0.2) is 48.1 Å². The second kappa shape index (κ2) is 16.0. The van der Waals surface area contributed by atoms with E-state index in [0.29, 0.717) is 18.8 Å². The third kappa shape index (κ3) is 10.5. The number of hydroxylamine groups is 1. The Morgan fingerprint density at radius 2 is 1.76 bits per heavy atom. The molecular weight excluding hydrogens is 482 g/mol. The molecule has 1 amide bonds. The van der Waals surface area contributed by atoms with E-state index in [2.05, 4.69) is 39.0 Å². The molecule has 7 unspecified atom stereocenters. The molecule has 212 valence electrons. The highest BCUT2D eigenvalue weighted by Crippen LogP contribution is 2.33. The number of rotatable bonds is 6. The largest absolute Gasteiger partial charge is 0.457 e. The van der Waals surface area contributed by atoms with Crippen molar-refractivity contribution in [3.05, 3.63) is 48.1 Å². The number of ether oxygens (including phenoxy) is 3. The Morgan fingerprint density at radius 1 is 1.03 bits per heavy atom. The summed E-state index contributed by atoms with van der Waals surface area (Å²) in [6.07, 6.45) is 23.1. The van der Waals surface area contributed by atoms with Gasteiger partial charge in [-0.3, -0.25) is 14.8 Å². The van der Waals surface area contributed by atoms with Gasteiger partial charge in [0.05, 0.1) is 30.8 Å². The summed E-state index contributed by atoms with van der Waals surface area (Å²) in [7, 11) is 0. The van der Waals surface area contributed by atoms with Crippen molar-refractivity contribution in [1.82, 2.24) is 5.48 Å². The summed E-state index contributed by atoms with van der Waals surface area (Å²) in [6, 6.07) is 0. The van der Waals surface area contributed by atoms with Crippen LogP contribution in [0.1, 0.15) is 91.4 Å². The van der Waals surface area contributed by atoms with E-state index < -0.39 is 0 Å². The van der Waals surface area contributed by atoms with Crippen LogP contribution in [0.25, 0.3) is 0 Å². The van der Waals surface area contributed by atoms with Crippen LogP contribution in [-0.4, -0.2) is 47.6 Å². The van der Waals surface area contributed by atoms with Gasteiger partial charge in [-0.05, 0) is 70.3 Å². The Labute approximate surface area is 228 Å². The fourth-order valence-electron chi connectivity index (χ4n) is 5.61. The van der Waals surface area contributed by atoms with Gasteiger partial charge in [-0.25, -0.2) is 5.48 Å². The van der Waals surface area contributed by atoms with Gasteiger partial charge in [-0.15, -0.1) is 0 Å². The highest BCUT2D eigenvalue weighted by atomic mass is 16.5. The first kappa shape index (κ1) is 30.3. The number of cyclic esters (lactones) is 1. The molecule has 2 saturated heterocycles. The van der Waals surface area contributed by atoms with E-state index in [0.717, 1.165) is 38.5 Å². The fourth-order valence-corrected chi connectivity index (χ4v) is 5.61. The maximum atomic E-state index is 13.0. The second-order valence-corrected chi connectivity index (χ2v) is 11.1. The molecule has 0 spiro atoms. The monoisotopic (exact) mass is 529 g/mol. The van der Waals surface area contributed by atoms with Gasteiger partial charge in [0.15, 0.2) is 0 Å². The number of unbranched alkanes of at least 4 members (excludes halogenated alkanes) is 1. The summed E-state index contributed by atoms with van der Waals surface area (Å²) >= 11 is 0. The number of allylic oxidation sites excluding steroid dienone is 5. The van der Waals surface area contributed by atoms with Crippen molar-refractivity contribution in [2.45, 2.75) is 122 Å². The average molecular weight is 530 g/mol. The lowest BCUT2D eigenvalue weighted by Crippen LogP contribution is -2.37. The molecule has 3 rings (SSSR count). The minimum Gasteiger partial charge on any atom is -0.457 e. The predicted molar refractivity (Wildman–Crippen MR) is 147 cm³/mol. The molecule has 0 radical (unpaired) electrons. The highest BCUT2D eigenvalue weighted by Gasteiger charge is 2.32. The lowest BCUT2D eigenvalue weighted by Gasteiger charge is -2.37. The van der Waals surface area contributed by atoms with Gasteiger partial charge in [0, 0.05) is 18.8 Å². The Bertz CT molecular complexity index is 878. The van der Waals surface area contributed by atoms with E-state index in [4.69, 9.17) is 19.4 Å². The molecule has 0 saturated carbocycles. The zero-order valence-corrected chi connectivity index (χ0v) is 23.3. The Morgan fingerprint density at radius 3 is 2.53 bits per heavy atom. The van der Waals surface area contributed by atoms with E-state index in [9.17, 15) is 9.59 Å². The van der Waals surface area contributed by atoms with Crippen molar-refractivity contribution in [2.24, 2.45) is 11.8 Å². The summed E-state index contributed by atoms with van der Waals surface area (Å²) < 4.78 is 18.9. The molecule has 7 heteroatoms. The SMILES string of the molecule is CC=C1CC2CC(=O)OC(C=CC=CCCCC(=O)NO)C(C)C=CC(C)CC3CCCC(CC(C1)O2)O3. The summed E-state index contributed by atoms with van der Waals surface area (Å²) in [4.78, 5) is 24.2. The van der Waals surface area contributed by atoms with Crippen molar-refractivity contribution in [3.8, 4) is 0 Å². The van der Waals surface area contributed by atoms with Gasteiger partial charge in [0.1, 0.15) is 6.10 Å². The van der Waals surface area contributed by atoms with E-state index >= 15 is 0 Å². The molecule has 3 aliphatic heterocycles. The van der Waals surface area contributed by atoms with Gasteiger partial charge >= 0.3 is 5.97 Å². The number of amides is 1. The van der Waals surface area contributed by atoms with Crippen molar-refractivity contribution in [1.29, 1.82) is 0 Å². The van der Waals surface area contributed by atoms with Crippen LogP contribution in [0.4, 0.5) is 0 Å². The number of esters is 1. The molecule has 2 fully saturated rings. The van der Waals surface area contributed by atoms with E-state index in [1.54, 1.807) is 5.48 Å². The predicted octanol–water partition coefficient (Wildman–Crippen LogP) is 6.13. The van der Waals surface area contributed by atoms with Crippen LogP contribution < -0.4 is 5.48 Å². The molecule has 0 aromatic rings. The standard InChI is InChI=1S/C31H47NO6/c1-4-24-18-27-20-26-12-10-11-25(36-26)17-22(2)15-16-23(3)29(38-31(34)21-28(19-24)37-27)13-8-6-5-7-9-14-30(33)32-35/h4-6,8,13,15-16,22-23,25-29,35H,7,9-12,14,17-21H2,1-3H3,(H,32,33). The van der Waals surface area contributed by atoms with Gasteiger partial charge in [0.2, 0.25) is 5.91 Å². The molecule has 3 aliphatic rings. The van der Waals surface area contributed by atoms with E-state index in [-0.39, 0.29) is 61.2 Å². The highest BCUT2D eigenvalue weighted by molar-refractivity contribution is 5.74. The molecule has 0 aromatic heterocycles. The third-order valence-electron chi connectivity index (χ3n) is 7.74. The van der Waals surface area contributed by atoms with Crippen LogP contribution in [0.3, 0.4) is 0 Å². The number of nitrogens with one attached hydrogen (secondary N) is 1. The minimum absolute atomic E-state index is 0.0124. The zero-order chi connectivity index (χ0) is 27.3. The molecule has 3 heterocycles. The first-order valence-electron chi connectivity index (χ1n) is 14.4. The smallest absolute Gasteiger partial charge is 0.309 e. The molecule has 0 aliphatic carbocycles. The van der Waals surface area contributed by atoms with Gasteiger partial charge < -0.3 is 14.2 Å². The van der Waals surface area contributed by atoms with Crippen LogP contribution in [0.5, 0.6) is 0 Å². The topological polar surface area (TPSA) is 94.1 Å². The first-order chi connectivity index (χ1) is 18.4. The van der Waals surface area contributed by atoms with Gasteiger partial charge in [-0.1, -0.05) is 55.9 Å². The number of carbonyl (C=O) groups excluding carboxylic acids is 2. The molecule has 2 N–H and O–H groups in total. The summed E-state index contributed by atoms with van der Waals surface area (Å²) in [5.74, 6) is -0.241.